The Morgan fingerprint density at radius 3 is 2.88 bits per heavy atom. The number of carbonyl (C=O) groups is 1. The van der Waals surface area contributed by atoms with Gasteiger partial charge < -0.3 is 9.88 Å². The summed E-state index contributed by atoms with van der Waals surface area (Å²) in [5.41, 5.74) is 3.19. The van der Waals surface area contributed by atoms with Crippen LogP contribution >= 0.6 is 11.6 Å². The minimum absolute atomic E-state index is 0.0323. The van der Waals surface area contributed by atoms with Crippen molar-refractivity contribution in [2.75, 3.05) is 11.4 Å². The van der Waals surface area contributed by atoms with E-state index in [1.165, 1.54) is 0 Å². The van der Waals surface area contributed by atoms with Crippen molar-refractivity contribution in [3.63, 3.8) is 0 Å². The van der Waals surface area contributed by atoms with E-state index in [0.717, 1.165) is 30.5 Å². The molecule has 0 bridgehead atoms. The molecule has 1 aliphatic heterocycles. The van der Waals surface area contributed by atoms with E-state index in [2.05, 4.69) is 9.97 Å². The van der Waals surface area contributed by atoms with Crippen molar-refractivity contribution >= 4 is 23.2 Å². The van der Waals surface area contributed by atoms with Gasteiger partial charge >= 0.3 is 0 Å². The molecule has 2 aromatic rings. The molecule has 0 saturated heterocycles. The molecule has 5 nitrogen and oxygen atoms in total. The first-order valence-corrected chi connectivity index (χ1v) is 8.98. The number of H-pyrrole nitrogens is 1. The van der Waals surface area contributed by atoms with Crippen molar-refractivity contribution in [3.8, 4) is 0 Å². The number of hydrogen-bond acceptors (Lipinski definition) is 3. The van der Waals surface area contributed by atoms with Gasteiger partial charge in [-0.25, -0.2) is 4.98 Å². The lowest BCUT2D eigenvalue weighted by molar-refractivity contribution is -0.118. The molecule has 2 heterocycles. The Morgan fingerprint density at radius 1 is 1.32 bits per heavy atom. The zero-order valence-corrected chi connectivity index (χ0v) is 15.3. The SMILES string of the molecule is Cc1nc(C)c(CCC(=O)N2CCCCc3cc(Cl)ccc32)c(=O)[nH]1. The van der Waals surface area contributed by atoms with Crippen LogP contribution in [0.4, 0.5) is 5.69 Å². The van der Waals surface area contributed by atoms with Gasteiger partial charge in [-0.2, -0.15) is 0 Å². The van der Waals surface area contributed by atoms with Crippen LogP contribution in [0.2, 0.25) is 5.02 Å². The first-order valence-electron chi connectivity index (χ1n) is 8.61. The molecule has 1 N–H and O–H groups in total. The molecular weight excluding hydrogens is 338 g/mol. The standard InChI is InChI=1S/C19H22ClN3O2/c1-12-16(19(25)22-13(2)21-12)7-9-18(24)23-10-4-3-5-14-11-15(20)6-8-17(14)23/h6,8,11H,3-5,7,9-10H2,1-2H3,(H,21,22,25). The first kappa shape index (κ1) is 17.7. The summed E-state index contributed by atoms with van der Waals surface area (Å²) >= 11 is 6.10. The van der Waals surface area contributed by atoms with Crippen molar-refractivity contribution < 1.29 is 4.79 Å². The highest BCUT2D eigenvalue weighted by molar-refractivity contribution is 6.30. The molecule has 0 spiro atoms. The summed E-state index contributed by atoms with van der Waals surface area (Å²) in [6, 6.07) is 5.69. The number of nitrogens with zero attached hydrogens (tertiary/aromatic N) is 2. The van der Waals surface area contributed by atoms with Crippen LogP contribution in [0, 0.1) is 13.8 Å². The van der Waals surface area contributed by atoms with Gasteiger partial charge in [-0.1, -0.05) is 11.6 Å². The Bertz CT molecular complexity index is 860. The Balaban J connectivity index is 1.79. The van der Waals surface area contributed by atoms with Gasteiger partial charge in [0.25, 0.3) is 5.56 Å². The van der Waals surface area contributed by atoms with Gasteiger partial charge in [-0.3, -0.25) is 9.59 Å². The molecule has 0 atom stereocenters. The summed E-state index contributed by atoms with van der Waals surface area (Å²) < 4.78 is 0. The Hall–Kier alpha value is -2.14. The number of aromatic nitrogens is 2. The monoisotopic (exact) mass is 359 g/mol. The molecule has 0 aliphatic carbocycles. The number of fused-ring (bicyclic) bond motifs is 1. The van der Waals surface area contributed by atoms with E-state index in [1.54, 1.807) is 6.92 Å². The number of nitrogens with one attached hydrogen (secondary N) is 1. The molecular formula is C19H22ClN3O2. The summed E-state index contributed by atoms with van der Waals surface area (Å²) in [5.74, 6) is 0.626. The van der Waals surface area contributed by atoms with Crippen molar-refractivity contribution in [3.05, 3.63) is 56.2 Å². The highest BCUT2D eigenvalue weighted by Crippen LogP contribution is 2.29. The van der Waals surface area contributed by atoms with E-state index in [1.807, 2.05) is 30.0 Å². The lowest BCUT2D eigenvalue weighted by Crippen LogP contribution is -2.32. The summed E-state index contributed by atoms with van der Waals surface area (Å²) in [6.45, 7) is 4.27. The van der Waals surface area contributed by atoms with E-state index < -0.39 is 0 Å². The molecule has 1 aliphatic rings. The van der Waals surface area contributed by atoms with E-state index in [9.17, 15) is 9.59 Å². The van der Waals surface area contributed by atoms with Crippen LogP contribution in [-0.2, 0) is 17.6 Å². The van der Waals surface area contributed by atoms with Crippen LogP contribution in [0.1, 0.15) is 41.9 Å². The summed E-state index contributed by atoms with van der Waals surface area (Å²) in [5, 5.41) is 0.695. The van der Waals surface area contributed by atoms with Gasteiger partial charge in [0.15, 0.2) is 0 Å². The topological polar surface area (TPSA) is 66.1 Å². The third-order valence-corrected chi connectivity index (χ3v) is 4.88. The average molecular weight is 360 g/mol. The van der Waals surface area contributed by atoms with E-state index in [-0.39, 0.29) is 17.9 Å². The zero-order chi connectivity index (χ0) is 18.0. The molecule has 0 unspecified atom stereocenters. The fourth-order valence-electron chi connectivity index (χ4n) is 3.39. The van der Waals surface area contributed by atoms with E-state index >= 15 is 0 Å². The summed E-state index contributed by atoms with van der Waals surface area (Å²) in [4.78, 5) is 33.8. The number of halogens is 1. The van der Waals surface area contributed by atoms with Crippen LogP contribution in [0.5, 0.6) is 0 Å². The molecule has 0 radical (unpaired) electrons. The molecule has 1 amide bonds. The molecule has 1 aromatic carbocycles. The lowest BCUT2D eigenvalue weighted by atomic mass is 10.1. The smallest absolute Gasteiger partial charge is 0.254 e. The highest BCUT2D eigenvalue weighted by Gasteiger charge is 2.22. The summed E-state index contributed by atoms with van der Waals surface area (Å²) in [6.07, 6.45) is 3.62. The fraction of sp³-hybridized carbons (Fsp3) is 0.421. The molecule has 6 heteroatoms. The molecule has 132 valence electrons. The number of amides is 1. The quantitative estimate of drug-likeness (QED) is 0.913. The van der Waals surface area contributed by atoms with Crippen LogP contribution in [0.3, 0.4) is 0 Å². The molecule has 3 rings (SSSR count). The van der Waals surface area contributed by atoms with Gasteiger partial charge in [0.2, 0.25) is 5.91 Å². The van der Waals surface area contributed by atoms with Gasteiger partial charge in [-0.15, -0.1) is 0 Å². The maximum atomic E-state index is 12.8. The van der Waals surface area contributed by atoms with Gasteiger partial charge in [0.05, 0.1) is 0 Å². The van der Waals surface area contributed by atoms with E-state index in [4.69, 9.17) is 11.6 Å². The van der Waals surface area contributed by atoms with Crippen molar-refractivity contribution in [2.45, 2.75) is 46.0 Å². The number of carbonyl (C=O) groups excluding carboxylic acids is 1. The van der Waals surface area contributed by atoms with Gasteiger partial charge in [0.1, 0.15) is 5.82 Å². The zero-order valence-electron chi connectivity index (χ0n) is 14.6. The van der Waals surface area contributed by atoms with Crippen molar-refractivity contribution in [1.29, 1.82) is 0 Å². The third-order valence-electron chi connectivity index (χ3n) is 4.64. The van der Waals surface area contributed by atoms with Crippen LogP contribution in [0.15, 0.2) is 23.0 Å². The summed E-state index contributed by atoms with van der Waals surface area (Å²) in [7, 11) is 0. The minimum atomic E-state index is -0.152. The fourth-order valence-corrected chi connectivity index (χ4v) is 3.59. The second-order valence-corrected chi connectivity index (χ2v) is 6.93. The number of hydrogen-bond donors (Lipinski definition) is 1. The molecule has 1 aromatic heterocycles. The average Bonchev–Trinajstić information content (AvgIpc) is 2.75. The van der Waals surface area contributed by atoms with Crippen LogP contribution < -0.4 is 10.5 Å². The third kappa shape index (κ3) is 3.93. The highest BCUT2D eigenvalue weighted by atomic mass is 35.5. The lowest BCUT2D eigenvalue weighted by Gasteiger charge is -2.23. The second-order valence-electron chi connectivity index (χ2n) is 6.49. The number of benzene rings is 1. The predicted octanol–water partition coefficient (Wildman–Crippen LogP) is 3.34. The Kier molecular flexibility index (Phi) is 5.23. The molecule has 0 saturated carbocycles. The Morgan fingerprint density at radius 2 is 2.12 bits per heavy atom. The largest absolute Gasteiger partial charge is 0.312 e. The molecule has 25 heavy (non-hydrogen) atoms. The minimum Gasteiger partial charge on any atom is -0.312 e. The Labute approximate surface area is 152 Å². The maximum absolute atomic E-state index is 12.8. The number of aromatic amines is 1. The van der Waals surface area contributed by atoms with Crippen molar-refractivity contribution in [2.24, 2.45) is 0 Å². The van der Waals surface area contributed by atoms with Crippen LogP contribution in [-0.4, -0.2) is 22.4 Å². The second kappa shape index (κ2) is 7.40. The number of anilines is 1. The predicted molar refractivity (Wildman–Crippen MR) is 99.4 cm³/mol. The van der Waals surface area contributed by atoms with Crippen LogP contribution in [0.25, 0.3) is 0 Å². The van der Waals surface area contributed by atoms with Gasteiger partial charge in [-0.05, 0) is 63.3 Å². The number of rotatable bonds is 3. The van der Waals surface area contributed by atoms with Gasteiger partial charge in [0, 0.05) is 34.9 Å². The molecule has 0 fully saturated rings. The van der Waals surface area contributed by atoms with E-state index in [0.29, 0.717) is 35.1 Å². The maximum Gasteiger partial charge on any atom is 0.254 e. The van der Waals surface area contributed by atoms with Crippen molar-refractivity contribution in [1.82, 2.24) is 9.97 Å². The number of aryl methyl sites for hydroxylation is 3. The normalized spacial score (nSPS) is 14.1. The first-order chi connectivity index (χ1) is 12.0.